The number of guanidine groups is 1. The van der Waals surface area contributed by atoms with Gasteiger partial charge in [-0.15, -0.1) is 0 Å². The minimum Gasteiger partial charge on any atom is -0.370 e. The predicted octanol–water partition coefficient (Wildman–Crippen LogP) is 1.01. The van der Waals surface area contributed by atoms with E-state index in [0.29, 0.717) is 23.4 Å². The Bertz CT molecular complexity index is 1180. The third-order valence-corrected chi connectivity index (χ3v) is 8.08. The molecule has 0 saturated heterocycles. The maximum absolute atomic E-state index is 13.7. The summed E-state index contributed by atoms with van der Waals surface area (Å²) in [7, 11) is 0. The highest BCUT2D eigenvalue weighted by atomic mass is 35.5. The van der Waals surface area contributed by atoms with Crippen LogP contribution in [0.25, 0.3) is 0 Å². The summed E-state index contributed by atoms with van der Waals surface area (Å²) in [5, 5.41) is 11.4. The lowest BCUT2D eigenvalue weighted by atomic mass is 9.84. The quantitative estimate of drug-likeness (QED) is 0.0736. The Morgan fingerprint density at radius 1 is 0.844 bits per heavy atom. The van der Waals surface area contributed by atoms with Crippen molar-refractivity contribution in [1.29, 1.82) is 0 Å². The van der Waals surface area contributed by atoms with Gasteiger partial charge < -0.3 is 38.5 Å². The Morgan fingerprint density at radius 2 is 1.42 bits per heavy atom. The summed E-state index contributed by atoms with van der Waals surface area (Å²) in [5.41, 5.74) is 17.2. The van der Waals surface area contributed by atoms with E-state index in [1.807, 2.05) is 0 Å². The number of hydrogen-bond acceptors (Lipinski definition) is 6. The lowest BCUT2D eigenvalue weighted by Crippen LogP contribution is -2.59. The first kappa shape index (κ1) is 37.3. The van der Waals surface area contributed by atoms with Gasteiger partial charge in [-0.1, -0.05) is 69.7 Å². The van der Waals surface area contributed by atoms with Gasteiger partial charge in [0.15, 0.2) is 5.96 Å². The normalized spacial score (nSPS) is 16.0. The van der Waals surface area contributed by atoms with E-state index in [-0.39, 0.29) is 37.2 Å². The smallest absolute Gasteiger partial charge is 0.243 e. The van der Waals surface area contributed by atoms with Crippen molar-refractivity contribution in [2.24, 2.45) is 34.0 Å². The Labute approximate surface area is 270 Å². The number of primary amides is 1. The number of carbonyl (C=O) groups is 5. The van der Waals surface area contributed by atoms with Gasteiger partial charge in [0.25, 0.3) is 0 Å². The number of aliphatic imine (C=N–C) groups is 1. The summed E-state index contributed by atoms with van der Waals surface area (Å²) in [6.07, 6.45) is 6.17. The van der Waals surface area contributed by atoms with Gasteiger partial charge in [-0.3, -0.25) is 29.0 Å². The molecule has 1 fully saturated rings. The Balaban J connectivity index is 2.30. The van der Waals surface area contributed by atoms with Gasteiger partial charge in [-0.25, -0.2) is 0 Å². The molecule has 0 heterocycles. The summed E-state index contributed by atoms with van der Waals surface area (Å²) in [5.74, 6) is -2.91. The molecule has 1 saturated carbocycles. The van der Waals surface area contributed by atoms with Crippen molar-refractivity contribution in [2.75, 3.05) is 6.54 Å². The summed E-state index contributed by atoms with van der Waals surface area (Å²) >= 11 is 6.05. The lowest BCUT2D eigenvalue weighted by Gasteiger charge is -2.28. The highest BCUT2D eigenvalue weighted by Gasteiger charge is 2.32. The van der Waals surface area contributed by atoms with Crippen LogP contribution < -0.4 is 38.5 Å². The Morgan fingerprint density at radius 3 is 1.98 bits per heavy atom. The van der Waals surface area contributed by atoms with Gasteiger partial charge in [-0.05, 0) is 48.8 Å². The number of halogens is 1. The number of carbonyl (C=O) groups excluding carboxylic acids is 5. The van der Waals surface area contributed by atoms with Crippen LogP contribution in [0.5, 0.6) is 0 Å². The molecule has 0 aromatic heterocycles. The molecular formula is C31H49ClN8O5. The third kappa shape index (κ3) is 13.8. The van der Waals surface area contributed by atoms with E-state index in [9.17, 15) is 24.0 Å². The maximum atomic E-state index is 13.7. The van der Waals surface area contributed by atoms with Crippen LogP contribution in [0.1, 0.15) is 77.7 Å². The largest absolute Gasteiger partial charge is 0.370 e. The van der Waals surface area contributed by atoms with Crippen LogP contribution in [0, 0.1) is 11.8 Å². The van der Waals surface area contributed by atoms with Gasteiger partial charge in [0.05, 0.1) is 0 Å². The highest BCUT2D eigenvalue weighted by molar-refractivity contribution is 6.30. The number of benzene rings is 1. The summed E-state index contributed by atoms with van der Waals surface area (Å²) in [4.78, 5) is 68.7. The zero-order valence-corrected chi connectivity index (χ0v) is 27.2. The molecule has 0 bridgehead atoms. The Kier molecular flexibility index (Phi) is 15.6. The molecule has 1 aromatic carbocycles. The lowest BCUT2D eigenvalue weighted by molar-refractivity contribution is -0.134. The molecule has 45 heavy (non-hydrogen) atoms. The molecule has 5 amide bonds. The summed E-state index contributed by atoms with van der Waals surface area (Å²) < 4.78 is 0. The standard InChI is InChI=1S/C31H49ClN8O5/c1-18(2)26(37-19(3)41)30(45)38-23(10-7-15-36-31(34)35)28(43)40-25(17-21-11-13-22(32)14-12-21)29(44)39-24(27(33)42)16-20-8-5-4-6-9-20/h11-14,18,20,23-26H,4-10,15-17H2,1-3H3,(H2,33,42)(H,37,41)(H,38,45)(H,39,44)(H,40,43)(H4,34,35,36)/t23-,24-,25+,26-/m0/s1. The average Bonchev–Trinajstić information content (AvgIpc) is 2.97. The molecule has 13 nitrogen and oxygen atoms in total. The fourth-order valence-electron chi connectivity index (χ4n) is 5.40. The first-order valence-electron chi connectivity index (χ1n) is 15.5. The first-order valence-corrected chi connectivity index (χ1v) is 15.9. The molecule has 0 spiro atoms. The van der Waals surface area contributed by atoms with E-state index in [2.05, 4.69) is 26.3 Å². The van der Waals surface area contributed by atoms with Crippen LogP contribution >= 0.6 is 11.6 Å². The van der Waals surface area contributed by atoms with Gasteiger partial charge in [-0.2, -0.15) is 0 Å². The van der Waals surface area contributed by atoms with E-state index < -0.39 is 53.7 Å². The van der Waals surface area contributed by atoms with Crippen LogP contribution in [0.15, 0.2) is 29.3 Å². The van der Waals surface area contributed by atoms with Crippen LogP contribution in [-0.2, 0) is 30.4 Å². The third-order valence-electron chi connectivity index (χ3n) is 7.83. The van der Waals surface area contributed by atoms with E-state index >= 15 is 0 Å². The molecule has 0 unspecified atom stereocenters. The maximum Gasteiger partial charge on any atom is 0.243 e. The monoisotopic (exact) mass is 648 g/mol. The van der Waals surface area contributed by atoms with Crippen LogP contribution in [0.3, 0.4) is 0 Å². The van der Waals surface area contributed by atoms with Crippen LogP contribution in [0.2, 0.25) is 5.02 Å². The molecule has 4 atom stereocenters. The SMILES string of the molecule is CC(=O)N[C@H](C(=O)N[C@@H](CCCN=C(N)N)C(=O)N[C@H](Cc1ccc(Cl)cc1)C(=O)N[C@@H](CC1CCCCC1)C(N)=O)C(C)C. The van der Waals surface area contributed by atoms with Crippen molar-refractivity contribution in [2.45, 2.75) is 103 Å². The molecule has 1 aliphatic rings. The van der Waals surface area contributed by atoms with Gasteiger partial charge >= 0.3 is 0 Å². The molecule has 14 heteroatoms. The van der Waals surface area contributed by atoms with Gasteiger partial charge in [0, 0.05) is 24.9 Å². The number of nitrogens with two attached hydrogens (primary N) is 3. The topological polar surface area (TPSA) is 224 Å². The number of nitrogens with zero attached hydrogens (tertiary/aromatic N) is 1. The first-order chi connectivity index (χ1) is 21.3. The molecule has 0 radical (unpaired) electrons. The second-order valence-electron chi connectivity index (χ2n) is 12.0. The highest BCUT2D eigenvalue weighted by Crippen LogP contribution is 2.27. The minimum absolute atomic E-state index is 0.0822. The number of nitrogens with one attached hydrogen (secondary N) is 4. The molecule has 2 rings (SSSR count). The zero-order chi connectivity index (χ0) is 33.5. The van der Waals surface area contributed by atoms with Crippen molar-refractivity contribution >= 4 is 47.1 Å². The van der Waals surface area contributed by atoms with Crippen molar-refractivity contribution in [3.05, 3.63) is 34.9 Å². The van der Waals surface area contributed by atoms with Crippen molar-refractivity contribution in [3.8, 4) is 0 Å². The fraction of sp³-hybridized carbons (Fsp3) is 0.613. The molecule has 0 aliphatic heterocycles. The average molecular weight is 649 g/mol. The van der Waals surface area contributed by atoms with E-state index in [4.69, 9.17) is 28.8 Å². The van der Waals surface area contributed by atoms with Crippen LogP contribution in [0.4, 0.5) is 0 Å². The van der Waals surface area contributed by atoms with Crippen molar-refractivity contribution in [3.63, 3.8) is 0 Å². The Hall–Kier alpha value is -3.87. The summed E-state index contributed by atoms with van der Waals surface area (Å²) in [6, 6.07) is 2.82. The van der Waals surface area contributed by atoms with Gasteiger partial charge in [0.2, 0.25) is 29.5 Å². The van der Waals surface area contributed by atoms with E-state index in [0.717, 1.165) is 32.1 Å². The second-order valence-corrected chi connectivity index (χ2v) is 12.5. The van der Waals surface area contributed by atoms with E-state index in [1.165, 1.54) is 6.92 Å². The van der Waals surface area contributed by atoms with Crippen molar-refractivity contribution < 1.29 is 24.0 Å². The predicted molar refractivity (Wildman–Crippen MR) is 174 cm³/mol. The molecule has 1 aliphatic carbocycles. The minimum atomic E-state index is -1.11. The fourth-order valence-corrected chi connectivity index (χ4v) is 5.53. The molecule has 250 valence electrons. The number of amides is 5. The second kappa shape index (κ2) is 18.8. The zero-order valence-electron chi connectivity index (χ0n) is 26.4. The molecule has 1 aromatic rings. The molecular weight excluding hydrogens is 600 g/mol. The number of rotatable bonds is 17. The van der Waals surface area contributed by atoms with Gasteiger partial charge in [0.1, 0.15) is 24.2 Å². The molecule has 10 N–H and O–H groups in total. The number of hydrogen-bond donors (Lipinski definition) is 7. The van der Waals surface area contributed by atoms with E-state index in [1.54, 1.807) is 38.1 Å². The van der Waals surface area contributed by atoms with Crippen LogP contribution in [-0.4, -0.2) is 66.2 Å². The summed E-state index contributed by atoms with van der Waals surface area (Å²) in [6.45, 7) is 5.04. The van der Waals surface area contributed by atoms with Crippen molar-refractivity contribution in [1.82, 2.24) is 21.3 Å².